The lowest BCUT2D eigenvalue weighted by Crippen LogP contribution is -2.32. The van der Waals surface area contributed by atoms with Crippen LogP contribution in [0, 0.1) is 0 Å². The Morgan fingerprint density at radius 3 is 3.04 bits per heavy atom. The number of amides is 1. The molecule has 0 radical (unpaired) electrons. The zero-order valence-electron chi connectivity index (χ0n) is 14.4. The Morgan fingerprint density at radius 1 is 1.48 bits per heavy atom. The Labute approximate surface area is 145 Å². The maximum Gasteiger partial charge on any atom is 0.254 e. The van der Waals surface area contributed by atoms with Crippen LogP contribution in [0.1, 0.15) is 49.5 Å². The number of methoxy groups -OCH3 is 1. The van der Waals surface area contributed by atoms with Crippen molar-refractivity contribution in [1.29, 1.82) is 0 Å². The van der Waals surface area contributed by atoms with Crippen LogP contribution in [0.5, 0.6) is 5.88 Å². The van der Waals surface area contributed by atoms with Gasteiger partial charge < -0.3 is 19.1 Å². The smallest absolute Gasteiger partial charge is 0.254 e. The molecule has 25 heavy (non-hydrogen) atoms. The van der Waals surface area contributed by atoms with Crippen molar-refractivity contribution in [2.75, 3.05) is 13.7 Å². The van der Waals surface area contributed by atoms with Gasteiger partial charge in [-0.1, -0.05) is 6.92 Å². The van der Waals surface area contributed by atoms with Crippen LogP contribution >= 0.6 is 0 Å². The molecule has 0 spiro atoms. The molecule has 0 aliphatic carbocycles. The van der Waals surface area contributed by atoms with Gasteiger partial charge in [-0.15, -0.1) is 0 Å². The Hall–Kier alpha value is -2.64. The molecular weight excluding hydrogens is 324 g/mol. The fourth-order valence-corrected chi connectivity index (χ4v) is 3.10. The highest BCUT2D eigenvalue weighted by Crippen LogP contribution is 2.30. The van der Waals surface area contributed by atoms with E-state index >= 15 is 0 Å². The third kappa shape index (κ3) is 3.89. The van der Waals surface area contributed by atoms with E-state index in [1.54, 1.807) is 11.0 Å². The third-order valence-corrected chi connectivity index (χ3v) is 4.40. The number of hydrogen-bond acceptors (Lipinski definition) is 6. The fraction of sp³-hybridized carbons (Fsp3) is 0.529. The first-order chi connectivity index (χ1) is 12.1. The summed E-state index contributed by atoms with van der Waals surface area (Å²) < 4.78 is 10.1. The second-order valence-electron chi connectivity index (χ2n) is 6.06. The number of carbonyl (C=O) groups is 1. The van der Waals surface area contributed by atoms with Crippen molar-refractivity contribution < 1.29 is 14.1 Å². The molecule has 8 heteroatoms. The Bertz CT molecular complexity index is 798. The Kier molecular flexibility index (Phi) is 5.16. The lowest BCUT2D eigenvalue weighted by Gasteiger charge is -2.24. The predicted molar refractivity (Wildman–Crippen MR) is 89.3 cm³/mol. The van der Waals surface area contributed by atoms with Crippen LogP contribution in [0.15, 0.2) is 21.5 Å². The standard InChI is InChI=1S/C17H22N4O4/c1-3-11-9-14(22)19-17(18-11)13-5-4-8-21(13)16(23)7-6-12-10-15(24-2)20-25-12/h9-10,13H,3-8H2,1-2H3,(H,18,19,22)/t13-/m1/s1. The van der Waals surface area contributed by atoms with Crippen LogP contribution in [0.2, 0.25) is 0 Å². The summed E-state index contributed by atoms with van der Waals surface area (Å²) in [6.07, 6.45) is 3.15. The quantitative estimate of drug-likeness (QED) is 0.853. The average Bonchev–Trinajstić information content (AvgIpc) is 3.28. The number of nitrogens with zero attached hydrogens (tertiary/aromatic N) is 3. The highest BCUT2D eigenvalue weighted by Gasteiger charge is 2.31. The van der Waals surface area contributed by atoms with Crippen LogP contribution in [-0.2, 0) is 17.6 Å². The molecule has 1 atom stereocenters. The minimum absolute atomic E-state index is 0.0161. The van der Waals surface area contributed by atoms with Crippen LogP contribution < -0.4 is 10.3 Å². The number of nitrogens with one attached hydrogen (secondary N) is 1. The summed E-state index contributed by atoms with van der Waals surface area (Å²) in [5.41, 5.74) is 0.571. The van der Waals surface area contributed by atoms with E-state index in [1.807, 2.05) is 6.92 Å². The number of carbonyl (C=O) groups excluding carboxylic acids is 1. The molecule has 1 aliphatic heterocycles. The number of aromatic amines is 1. The molecule has 2 aromatic heterocycles. The van der Waals surface area contributed by atoms with Crippen molar-refractivity contribution in [3.05, 3.63) is 39.8 Å². The highest BCUT2D eigenvalue weighted by molar-refractivity contribution is 5.77. The second-order valence-corrected chi connectivity index (χ2v) is 6.06. The molecule has 3 heterocycles. The number of H-pyrrole nitrogens is 1. The molecule has 1 N–H and O–H groups in total. The van der Waals surface area contributed by atoms with E-state index in [-0.39, 0.29) is 17.5 Å². The zero-order chi connectivity index (χ0) is 17.8. The summed E-state index contributed by atoms with van der Waals surface area (Å²) in [6.45, 7) is 2.62. The molecule has 0 aromatic carbocycles. The van der Waals surface area contributed by atoms with Crippen molar-refractivity contribution in [1.82, 2.24) is 20.0 Å². The predicted octanol–water partition coefficient (Wildman–Crippen LogP) is 1.63. The summed E-state index contributed by atoms with van der Waals surface area (Å²) in [5, 5.41) is 3.73. The van der Waals surface area contributed by atoms with Gasteiger partial charge in [-0.05, 0) is 24.4 Å². The molecule has 0 saturated carbocycles. The molecule has 0 bridgehead atoms. The van der Waals surface area contributed by atoms with E-state index in [0.717, 1.165) is 18.5 Å². The highest BCUT2D eigenvalue weighted by atomic mass is 16.5. The van der Waals surface area contributed by atoms with Gasteiger partial charge in [0.05, 0.1) is 13.2 Å². The van der Waals surface area contributed by atoms with E-state index in [0.29, 0.717) is 43.3 Å². The molecule has 134 valence electrons. The molecule has 3 rings (SSSR count). The summed E-state index contributed by atoms with van der Waals surface area (Å²) in [4.78, 5) is 33.5. The number of aromatic nitrogens is 3. The van der Waals surface area contributed by atoms with Gasteiger partial charge in [-0.25, -0.2) is 4.98 Å². The summed E-state index contributed by atoms with van der Waals surface area (Å²) >= 11 is 0. The van der Waals surface area contributed by atoms with Gasteiger partial charge in [0, 0.05) is 37.2 Å². The van der Waals surface area contributed by atoms with Crippen LogP contribution in [0.25, 0.3) is 0 Å². The van der Waals surface area contributed by atoms with Gasteiger partial charge in [0.25, 0.3) is 11.4 Å². The van der Waals surface area contributed by atoms with Crippen LogP contribution in [0.3, 0.4) is 0 Å². The largest absolute Gasteiger partial charge is 0.479 e. The summed E-state index contributed by atoms with van der Waals surface area (Å²) in [7, 11) is 1.51. The maximum atomic E-state index is 12.6. The van der Waals surface area contributed by atoms with E-state index < -0.39 is 0 Å². The summed E-state index contributed by atoms with van der Waals surface area (Å²) in [5.74, 6) is 1.61. The molecule has 1 saturated heterocycles. The summed E-state index contributed by atoms with van der Waals surface area (Å²) in [6, 6.07) is 3.01. The lowest BCUT2D eigenvalue weighted by molar-refractivity contribution is -0.132. The normalized spacial score (nSPS) is 17.0. The number of likely N-dealkylation sites (tertiary alicyclic amines) is 1. The van der Waals surface area contributed by atoms with Gasteiger partial charge in [-0.3, -0.25) is 9.59 Å². The zero-order valence-corrected chi connectivity index (χ0v) is 14.4. The van der Waals surface area contributed by atoms with Crippen molar-refractivity contribution in [3.63, 3.8) is 0 Å². The molecule has 8 nitrogen and oxygen atoms in total. The van der Waals surface area contributed by atoms with Gasteiger partial charge in [0.1, 0.15) is 11.6 Å². The first kappa shape index (κ1) is 17.2. The molecule has 1 fully saturated rings. The van der Waals surface area contributed by atoms with E-state index in [4.69, 9.17) is 9.26 Å². The minimum atomic E-state index is -0.171. The SMILES string of the molecule is CCc1cc(=O)[nH]c([C@H]2CCCN2C(=O)CCc2cc(OC)no2)n1. The average molecular weight is 346 g/mol. The number of rotatable bonds is 6. The van der Waals surface area contributed by atoms with Crippen molar-refractivity contribution in [2.24, 2.45) is 0 Å². The lowest BCUT2D eigenvalue weighted by atomic mass is 10.1. The van der Waals surface area contributed by atoms with E-state index in [9.17, 15) is 9.59 Å². The van der Waals surface area contributed by atoms with Crippen molar-refractivity contribution >= 4 is 5.91 Å². The topological polar surface area (TPSA) is 101 Å². The van der Waals surface area contributed by atoms with E-state index in [2.05, 4.69) is 15.1 Å². The first-order valence-corrected chi connectivity index (χ1v) is 8.50. The van der Waals surface area contributed by atoms with E-state index in [1.165, 1.54) is 13.2 Å². The fourth-order valence-electron chi connectivity index (χ4n) is 3.10. The van der Waals surface area contributed by atoms with Crippen molar-refractivity contribution in [2.45, 2.75) is 45.1 Å². The molecule has 2 aromatic rings. The van der Waals surface area contributed by atoms with Gasteiger partial charge >= 0.3 is 0 Å². The number of aryl methyl sites for hydroxylation is 2. The van der Waals surface area contributed by atoms with Gasteiger partial charge in [0.2, 0.25) is 5.91 Å². The third-order valence-electron chi connectivity index (χ3n) is 4.40. The van der Waals surface area contributed by atoms with Crippen LogP contribution in [0.4, 0.5) is 0 Å². The van der Waals surface area contributed by atoms with Crippen LogP contribution in [-0.4, -0.2) is 39.6 Å². The first-order valence-electron chi connectivity index (χ1n) is 8.50. The minimum Gasteiger partial charge on any atom is -0.479 e. The molecule has 0 unspecified atom stereocenters. The Morgan fingerprint density at radius 2 is 2.32 bits per heavy atom. The maximum absolute atomic E-state index is 12.6. The monoisotopic (exact) mass is 346 g/mol. The molecule has 1 amide bonds. The molecule has 1 aliphatic rings. The van der Waals surface area contributed by atoms with Crippen molar-refractivity contribution in [3.8, 4) is 5.88 Å². The second kappa shape index (κ2) is 7.50. The van der Waals surface area contributed by atoms with Gasteiger partial charge in [0.15, 0.2) is 0 Å². The number of ether oxygens (including phenoxy) is 1. The Balaban J connectivity index is 1.69. The molecular formula is C17H22N4O4. The van der Waals surface area contributed by atoms with Gasteiger partial charge in [-0.2, -0.15) is 0 Å². The number of hydrogen-bond donors (Lipinski definition) is 1.